The number of hydrogen-bond donors (Lipinski definition) is 1. The molecule has 1 aromatic rings. The third kappa shape index (κ3) is 2.72. The normalized spacial score (nSPS) is 23.8. The van der Waals surface area contributed by atoms with Crippen molar-refractivity contribution in [3.63, 3.8) is 0 Å². The number of piperidine rings is 1. The van der Waals surface area contributed by atoms with Gasteiger partial charge in [0.15, 0.2) is 0 Å². The van der Waals surface area contributed by atoms with E-state index in [9.17, 15) is 4.79 Å². The second-order valence-electron chi connectivity index (χ2n) is 4.86. The van der Waals surface area contributed by atoms with Gasteiger partial charge in [0.1, 0.15) is 0 Å². The lowest BCUT2D eigenvalue weighted by Gasteiger charge is -2.34. The van der Waals surface area contributed by atoms with Crippen LogP contribution in [0.25, 0.3) is 0 Å². The third-order valence-corrected chi connectivity index (χ3v) is 3.37. The minimum Gasteiger partial charge on any atom is -0.481 e. The van der Waals surface area contributed by atoms with E-state index in [2.05, 4.69) is 11.9 Å². The van der Waals surface area contributed by atoms with Crippen LogP contribution in [0.3, 0.4) is 0 Å². The van der Waals surface area contributed by atoms with Gasteiger partial charge in [0.25, 0.3) is 0 Å². The van der Waals surface area contributed by atoms with Gasteiger partial charge in [-0.1, -0.05) is 13.0 Å². The number of aromatic nitrogens is 1. The van der Waals surface area contributed by atoms with Crippen molar-refractivity contribution in [2.45, 2.75) is 19.3 Å². The van der Waals surface area contributed by atoms with Crippen LogP contribution in [-0.4, -0.2) is 41.3 Å². The van der Waals surface area contributed by atoms with Gasteiger partial charge in [-0.05, 0) is 17.9 Å². The van der Waals surface area contributed by atoms with Gasteiger partial charge in [0.2, 0.25) is 5.88 Å². The molecule has 5 heteroatoms. The van der Waals surface area contributed by atoms with E-state index in [1.165, 1.54) is 4.90 Å². The van der Waals surface area contributed by atoms with Crippen LogP contribution in [0.2, 0.25) is 0 Å². The van der Waals surface area contributed by atoms with E-state index in [0.717, 1.165) is 12.0 Å². The molecule has 2 unspecified atom stereocenters. The molecule has 2 atom stereocenters. The number of ether oxygens (including phenoxy) is 1. The zero-order valence-electron chi connectivity index (χ0n) is 10.7. The molecule has 0 aromatic carbocycles. The number of methoxy groups -OCH3 is 1. The first kappa shape index (κ1) is 12.7. The number of hydrogen-bond acceptors (Lipinski definition) is 3. The number of pyridine rings is 1. The molecule has 5 nitrogen and oxygen atoms in total. The van der Waals surface area contributed by atoms with Crippen molar-refractivity contribution >= 4 is 6.09 Å². The smallest absolute Gasteiger partial charge is 0.407 e. The van der Waals surface area contributed by atoms with E-state index < -0.39 is 6.09 Å². The molecule has 1 saturated heterocycles. The molecule has 0 radical (unpaired) electrons. The van der Waals surface area contributed by atoms with Crippen LogP contribution in [0.15, 0.2) is 18.3 Å². The monoisotopic (exact) mass is 250 g/mol. The first-order valence-corrected chi connectivity index (χ1v) is 6.08. The number of likely N-dealkylation sites (tertiary alicyclic amines) is 1. The van der Waals surface area contributed by atoms with E-state index in [-0.39, 0.29) is 5.92 Å². The van der Waals surface area contributed by atoms with Crippen molar-refractivity contribution in [2.24, 2.45) is 5.92 Å². The van der Waals surface area contributed by atoms with E-state index in [1.54, 1.807) is 13.3 Å². The van der Waals surface area contributed by atoms with Crippen LogP contribution >= 0.6 is 0 Å². The minimum absolute atomic E-state index is 0.225. The summed E-state index contributed by atoms with van der Waals surface area (Å²) in [6, 6.07) is 3.79. The molecule has 1 fully saturated rings. The van der Waals surface area contributed by atoms with Crippen LogP contribution in [0.4, 0.5) is 4.79 Å². The van der Waals surface area contributed by atoms with Crippen molar-refractivity contribution in [1.29, 1.82) is 0 Å². The number of nitrogens with zero attached hydrogens (tertiary/aromatic N) is 2. The highest BCUT2D eigenvalue weighted by Gasteiger charge is 2.28. The van der Waals surface area contributed by atoms with Crippen LogP contribution in [0, 0.1) is 5.92 Å². The molecule has 0 saturated carbocycles. The van der Waals surface area contributed by atoms with Crippen molar-refractivity contribution in [1.82, 2.24) is 9.88 Å². The molecule has 0 aliphatic carbocycles. The highest BCUT2D eigenvalue weighted by atomic mass is 16.5. The highest BCUT2D eigenvalue weighted by Crippen LogP contribution is 2.30. The summed E-state index contributed by atoms with van der Waals surface area (Å²) in [6.45, 7) is 3.25. The lowest BCUT2D eigenvalue weighted by molar-refractivity contribution is 0.116. The van der Waals surface area contributed by atoms with Gasteiger partial charge < -0.3 is 14.7 Å². The standard InChI is InChI=1S/C13H18N2O3/c1-9-5-11(8-15(7-9)13(16)17)10-3-4-12(18-2)14-6-10/h3-4,6,9,11H,5,7-8H2,1-2H3,(H,16,17). The summed E-state index contributed by atoms with van der Waals surface area (Å²) < 4.78 is 5.02. The first-order chi connectivity index (χ1) is 8.60. The molecule has 98 valence electrons. The molecule has 18 heavy (non-hydrogen) atoms. The average molecular weight is 250 g/mol. The zero-order valence-corrected chi connectivity index (χ0v) is 10.7. The van der Waals surface area contributed by atoms with Gasteiger partial charge in [0, 0.05) is 31.3 Å². The number of rotatable bonds is 2. The summed E-state index contributed by atoms with van der Waals surface area (Å²) in [4.78, 5) is 16.7. The summed E-state index contributed by atoms with van der Waals surface area (Å²) in [5.74, 6) is 1.18. The van der Waals surface area contributed by atoms with Gasteiger partial charge in [-0.3, -0.25) is 0 Å². The van der Waals surface area contributed by atoms with Gasteiger partial charge in [-0.2, -0.15) is 0 Å². The molecule has 1 aliphatic heterocycles. The maximum absolute atomic E-state index is 11.1. The fourth-order valence-electron chi connectivity index (χ4n) is 2.50. The second-order valence-corrected chi connectivity index (χ2v) is 4.86. The second kappa shape index (κ2) is 5.25. The lowest BCUT2D eigenvalue weighted by Crippen LogP contribution is -2.41. The summed E-state index contributed by atoms with van der Waals surface area (Å²) in [5, 5.41) is 9.09. The summed E-state index contributed by atoms with van der Waals surface area (Å²) in [5.41, 5.74) is 1.08. The molecular formula is C13H18N2O3. The molecule has 1 aromatic heterocycles. The van der Waals surface area contributed by atoms with Crippen molar-refractivity contribution in [2.75, 3.05) is 20.2 Å². The fourth-order valence-corrected chi connectivity index (χ4v) is 2.50. The Balaban J connectivity index is 2.13. The maximum atomic E-state index is 11.1. The Labute approximate surface area is 106 Å². The van der Waals surface area contributed by atoms with Crippen LogP contribution in [0.5, 0.6) is 5.88 Å². The Morgan fingerprint density at radius 1 is 1.50 bits per heavy atom. The topological polar surface area (TPSA) is 62.7 Å². The molecular weight excluding hydrogens is 232 g/mol. The highest BCUT2D eigenvalue weighted by molar-refractivity contribution is 5.65. The fraction of sp³-hybridized carbons (Fsp3) is 0.538. The van der Waals surface area contributed by atoms with Crippen molar-refractivity contribution in [3.05, 3.63) is 23.9 Å². The number of amides is 1. The van der Waals surface area contributed by atoms with Crippen molar-refractivity contribution < 1.29 is 14.6 Å². The molecule has 1 N–H and O–H groups in total. The summed E-state index contributed by atoms with van der Waals surface area (Å²) in [6.07, 6.45) is 1.94. The Morgan fingerprint density at radius 2 is 2.28 bits per heavy atom. The molecule has 0 bridgehead atoms. The quantitative estimate of drug-likeness (QED) is 0.874. The Bertz CT molecular complexity index is 419. The van der Waals surface area contributed by atoms with E-state index in [1.807, 2.05) is 12.1 Å². The predicted molar refractivity (Wildman–Crippen MR) is 66.9 cm³/mol. The Morgan fingerprint density at radius 3 is 2.83 bits per heavy atom. The summed E-state index contributed by atoms with van der Waals surface area (Å²) >= 11 is 0. The Hall–Kier alpha value is -1.78. The van der Waals surface area contributed by atoms with E-state index in [0.29, 0.717) is 24.9 Å². The average Bonchev–Trinajstić information content (AvgIpc) is 2.38. The molecule has 1 aliphatic rings. The molecule has 2 rings (SSSR count). The predicted octanol–water partition coefficient (Wildman–Crippen LogP) is 2.19. The van der Waals surface area contributed by atoms with Gasteiger partial charge in [-0.25, -0.2) is 9.78 Å². The van der Waals surface area contributed by atoms with Gasteiger partial charge in [-0.15, -0.1) is 0 Å². The molecule has 2 heterocycles. The Kier molecular flexibility index (Phi) is 3.69. The van der Waals surface area contributed by atoms with Gasteiger partial charge in [0.05, 0.1) is 7.11 Å². The van der Waals surface area contributed by atoms with Crippen molar-refractivity contribution in [3.8, 4) is 5.88 Å². The van der Waals surface area contributed by atoms with E-state index in [4.69, 9.17) is 9.84 Å². The number of carbonyl (C=O) groups is 1. The van der Waals surface area contributed by atoms with Crippen LogP contribution in [-0.2, 0) is 0 Å². The van der Waals surface area contributed by atoms with Crippen LogP contribution in [0.1, 0.15) is 24.8 Å². The largest absolute Gasteiger partial charge is 0.481 e. The first-order valence-electron chi connectivity index (χ1n) is 6.08. The molecule has 0 spiro atoms. The third-order valence-electron chi connectivity index (χ3n) is 3.37. The number of carboxylic acid groups (broad SMARTS) is 1. The molecule has 1 amide bonds. The lowest BCUT2D eigenvalue weighted by atomic mass is 9.86. The summed E-state index contributed by atoms with van der Waals surface area (Å²) in [7, 11) is 1.58. The SMILES string of the molecule is COc1ccc(C2CC(C)CN(C(=O)O)C2)cn1. The van der Waals surface area contributed by atoms with Crippen LogP contribution < -0.4 is 4.74 Å². The zero-order chi connectivity index (χ0) is 13.1. The minimum atomic E-state index is -0.840. The maximum Gasteiger partial charge on any atom is 0.407 e. The van der Waals surface area contributed by atoms with E-state index >= 15 is 0 Å². The van der Waals surface area contributed by atoms with Gasteiger partial charge >= 0.3 is 6.09 Å².